The fraction of sp³-hybridized carbons (Fsp3) is 0.435. The van der Waals surface area contributed by atoms with Crippen LogP contribution < -0.4 is 5.32 Å². The zero-order valence-electron chi connectivity index (χ0n) is 18.5. The van der Waals surface area contributed by atoms with E-state index in [-0.39, 0.29) is 5.41 Å². The SMILES string of the molecule is CNc1c(CC(C)(C)C)nc(C)c(CSc2nncn2C)c1-c1ccc(C)cc1. The molecule has 0 saturated heterocycles. The number of aryl methyl sites for hydroxylation is 3. The van der Waals surface area contributed by atoms with Gasteiger partial charge in [-0.1, -0.05) is 62.4 Å². The number of benzene rings is 1. The molecule has 0 bridgehead atoms. The van der Waals surface area contributed by atoms with E-state index in [0.717, 1.165) is 34.4 Å². The van der Waals surface area contributed by atoms with Gasteiger partial charge in [0.05, 0.1) is 11.4 Å². The molecule has 0 spiro atoms. The summed E-state index contributed by atoms with van der Waals surface area (Å²) in [6, 6.07) is 8.77. The molecule has 154 valence electrons. The predicted molar refractivity (Wildman–Crippen MR) is 122 cm³/mol. The molecule has 0 aliphatic heterocycles. The van der Waals surface area contributed by atoms with Crippen LogP contribution in [0.4, 0.5) is 5.69 Å². The van der Waals surface area contributed by atoms with Gasteiger partial charge < -0.3 is 9.88 Å². The van der Waals surface area contributed by atoms with Gasteiger partial charge in [0.25, 0.3) is 0 Å². The van der Waals surface area contributed by atoms with Gasteiger partial charge in [-0.25, -0.2) is 0 Å². The van der Waals surface area contributed by atoms with Gasteiger partial charge in [0.1, 0.15) is 6.33 Å². The van der Waals surface area contributed by atoms with Crippen molar-refractivity contribution < 1.29 is 0 Å². The molecule has 3 aromatic rings. The summed E-state index contributed by atoms with van der Waals surface area (Å²) in [5, 5.41) is 12.6. The van der Waals surface area contributed by atoms with E-state index in [4.69, 9.17) is 4.98 Å². The lowest BCUT2D eigenvalue weighted by Gasteiger charge is -2.24. The molecule has 0 aliphatic rings. The predicted octanol–water partition coefficient (Wildman–Crippen LogP) is 5.42. The first-order valence-electron chi connectivity index (χ1n) is 9.93. The highest BCUT2D eigenvalue weighted by atomic mass is 32.2. The zero-order valence-corrected chi connectivity index (χ0v) is 19.3. The highest BCUT2D eigenvalue weighted by Gasteiger charge is 2.22. The minimum Gasteiger partial charge on any atom is -0.386 e. The minimum absolute atomic E-state index is 0.157. The van der Waals surface area contributed by atoms with Crippen LogP contribution in [0.3, 0.4) is 0 Å². The van der Waals surface area contributed by atoms with E-state index >= 15 is 0 Å². The van der Waals surface area contributed by atoms with Crippen LogP contribution in [0.5, 0.6) is 0 Å². The van der Waals surface area contributed by atoms with Gasteiger partial charge in [-0.3, -0.25) is 4.98 Å². The van der Waals surface area contributed by atoms with Crippen molar-refractivity contribution in [3.05, 3.63) is 53.1 Å². The Morgan fingerprint density at radius 2 is 1.79 bits per heavy atom. The lowest BCUT2D eigenvalue weighted by Crippen LogP contribution is -2.15. The normalized spacial score (nSPS) is 11.7. The fourth-order valence-corrected chi connectivity index (χ4v) is 4.44. The molecule has 29 heavy (non-hydrogen) atoms. The molecule has 0 atom stereocenters. The van der Waals surface area contributed by atoms with Crippen molar-refractivity contribution in [3.63, 3.8) is 0 Å². The molecule has 1 aromatic carbocycles. The standard InChI is InChI=1S/C23H31N5S/c1-15-8-10-17(11-9-15)20-18(13-29-22-27-25-14-28(22)7)16(2)26-19(21(20)24-6)12-23(3,4)5/h8-11,14,24H,12-13H2,1-7H3. The number of hydrogen-bond acceptors (Lipinski definition) is 5. The number of pyridine rings is 1. The molecule has 0 radical (unpaired) electrons. The van der Waals surface area contributed by atoms with Gasteiger partial charge in [0, 0.05) is 31.1 Å². The number of rotatable bonds is 6. The third-order valence-corrected chi connectivity index (χ3v) is 5.94. The van der Waals surface area contributed by atoms with Crippen molar-refractivity contribution in [2.24, 2.45) is 12.5 Å². The summed E-state index contributed by atoms with van der Waals surface area (Å²) in [5.41, 5.74) is 8.45. The van der Waals surface area contributed by atoms with Crippen LogP contribution >= 0.6 is 11.8 Å². The second-order valence-corrected chi connectivity index (χ2v) is 9.68. The fourth-order valence-electron chi connectivity index (χ4n) is 3.46. The summed E-state index contributed by atoms with van der Waals surface area (Å²) in [7, 11) is 3.97. The first-order chi connectivity index (χ1) is 13.7. The second-order valence-electron chi connectivity index (χ2n) is 8.74. The Morgan fingerprint density at radius 3 is 2.34 bits per heavy atom. The Hall–Kier alpha value is -2.34. The van der Waals surface area contributed by atoms with Crippen molar-refractivity contribution in [2.45, 2.75) is 51.9 Å². The molecule has 0 saturated carbocycles. The maximum absolute atomic E-state index is 5.04. The number of thioether (sulfide) groups is 1. The summed E-state index contributed by atoms with van der Waals surface area (Å²) in [6.45, 7) is 11.0. The molecular formula is C23H31N5S. The van der Waals surface area contributed by atoms with E-state index in [0.29, 0.717) is 0 Å². The lowest BCUT2D eigenvalue weighted by molar-refractivity contribution is 0.406. The van der Waals surface area contributed by atoms with E-state index in [1.807, 2.05) is 18.7 Å². The molecule has 0 aliphatic carbocycles. The Bertz CT molecular complexity index is 984. The van der Waals surface area contributed by atoms with E-state index in [2.05, 4.69) is 74.4 Å². The zero-order chi connectivity index (χ0) is 21.2. The van der Waals surface area contributed by atoms with Crippen LogP contribution in [0.15, 0.2) is 35.7 Å². The monoisotopic (exact) mass is 409 g/mol. The maximum atomic E-state index is 5.04. The van der Waals surface area contributed by atoms with Gasteiger partial charge in [0.2, 0.25) is 0 Å². The maximum Gasteiger partial charge on any atom is 0.191 e. The second kappa shape index (κ2) is 8.57. The van der Waals surface area contributed by atoms with Crippen LogP contribution in [0.2, 0.25) is 0 Å². The number of aromatic nitrogens is 4. The van der Waals surface area contributed by atoms with Crippen molar-refractivity contribution in [1.29, 1.82) is 0 Å². The number of nitrogens with zero attached hydrogens (tertiary/aromatic N) is 4. The van der Waals surface area contributed by atoms with E-state index in [9.17, 15) is 0 Å². The summed E-state index contributed by atoms with van der Waals surface area (Å²) in [4.78, 5) is 5.04. The first-order valence-corrected chi connectivity index (χ1v) is 10.9. The van der Waals surface area contributed by atoms with Gasteiger partial charge in [0.15, 0.2) is 5.16 Å². The molecule has 1 N–H and O–H groups in total. The molecule has 2 aromatic heterocycles. The highest BCUT2D eigenvalue weighted by molar-refractivity contribution is 7.98. The van der Waals surface area contributed by atoms with Crippen molar-refractivity contribution in [2.75, 3.05) is 12.4 Å². The largest absolute Gasteiger partial charge is 0.386 e. The quantitative estimate of drug-likeness (QED) is 0.551. The average Bonchev–Trinajstić information content (AvgIpc) is 3.05. The Morgan fingerprint density at radius 1 is 1.10 bits per heavy atom. The van der Waals surface area contributed by atoms with Gasteiger partial charge in [-0.05, 0) is 36.8 Å². The summed E-state index contributed by atoms with van der Waals surface area (Å²) in [5.74, 6) is 0.791. The smallest absolute Gasteiger partial charge is 0.191 e. The minimum atomic E-state index is 0.157. The molecule has 6 heteroatoms. The summed E-state index contributed by atoms with van der Waals surface area (Å²) >= 11 is 1.69. The van der Waals surface area contributed by atoms with Crippen LogP contribution in [-0.2, 0) is 19.2 Å². The van der Waals surface area contributed by atoms with Crippen molar-refractivity contribution >= 4 is 17.4 Å². The molecule has 0 fully saturated rings. The third kappa shape index (κ3) is 4.99. The summed E-state index contributed by atoms with van der Waals surface area (Å²) in [6.07, 6.45) is 2.65. The van der Waals surface area contributed by atoms with Gasteiger partial charge >= 0.3 is 0 Å². The van der Waals surface area contributed by atoms with Crippen LogP contribution in [0.1, 0.15) is 43.3 Å². The van der Waals surface area contributed by atoms with Crippen LogP contribution in [0, 0.1) is 19.3 Å². The van der Waals surface area contributed by atoms with Crippen LogP contribution in [0.25, 0.3) is 11.1 Å². The summed E-state index contributed by atoms with van der Waals surface area (Å²) < 4.78 is 1.95. The molecule has 0 amide bonds. The van der Waals surface area contributed by atoms with Crippen molar-refractivity contribution in [1.82, 2.24) is 19.7 Å². The van der Waals surface area contributed by atoms with E-state index < -0.39 is 0 Å². The topological polar surface area (TPSA) is 55.6 Å². The molecule has 3 rings (SSSR count). The van der Waals surface area contributed by atoms with E-state index in [1.165, 1.54) is 22.3 Å². The van der Waals surface area contributed by atoms with Gasteiger partial charge in [-0.2, -0.15) is 0 Å². The first kappa shape index (κ1) is 21.4. The Kier molecular flexibility index (Phi) is 6.32. The number of anilines is 1. The van der Waals surface area contributed by atoms with Gasteiger partial charge in [-0.15, -0.1) is 10.2 Å². The highest BCUT2D eigenvalue weighted by Crippen LogP contribution is 2.39. The Labute approximate surface area is 178 Å². The molecule has 0 unspecified atom stereocenters. The number of nitrogens with one attached hydrogen (secondary N) is 1. The lowest BCUT2D eigenvalue weighted by atomic mass is 9.87. The third-order valence-electron chi connectivity index (χ3n) is 4.88. The average molecular weight is 410 g/mol. The molecule has 5 nitrogen and oxygen atoms in total. The Balaban J connectivity index is 2.14. The van der Waals surface area contributed by atoms with Crippen molar-refractivity contribution in [3.8, 4) is 11.1 Å². The number of hydrogen-bond donors (Lipinski definition) is 1. The van der Waals surface area contributed by atoms with Crippen LogP contribution in [-0.4, -0.2) is 26.8 Å². The molecular weight excluding hydrogens is 378 g/mol. The van der Waals surface area contributed by atoms with E-state index in [1.54, 1.807) is 18.1 Å². The molecule has 2 heterocycles.